The maximum Gasteiger partial charge on any atom is 0.228 e. The topological polar surface area (TPSA) is 38.3 Å². The van der Waals surface area contributed by atoms with Gasteiger partial charge in [-0.05, 0) is 37.1 Å². The van der Waals surface area contributed by atoms with Crippen LogP contribution in [0.3, 0.4) is 0 Å². The molecule has 20 heavy (non-hydrogen) atoms. The predicted octanol–water partition coefficient (Wildman–Crippen LogP) is 3.49. The molecule has 104 valence electrons. The highest BCUT2D eigenvalue weighted by Gasteiger charge is 2.09. The number of benzene rings is 2. The Labute approximate surface area is 119 Å². The Kier molecular flexibility index (Phi) is 4.41. The number of aryl methyl sites for hydroxylation is 2. The molecule has 0 bridgehead atoms. The van der Waals surface area contributed by atoms with Gasteiger partial charge in [-0.25, -0.2) is 0 Å². The molecule has 3 heteroatoms. The first-order chi connectivity index (χ1) is 9.60. The van der Waals surface area contributed by atoms with Crippen LogP contribution in [0.5, 0.6) is 5.75 Å². The van der Waals surface area contributed by atoms with Gasteiger partial charge < -0.3 is 10.1 Å². The van der Waals surface area contributed by atoms with Gasteiger partial charge in [-0.2, -0.15) is 0 Å². The Hall–Kier alpha value is -2.29. The van der Waals surface area contributed by atoms with Crippen molar-refractivity contribution < 1.29 is 9.53 Å². The molecule has 1 N–H and O–H groups in total. The molecular weight excluding hydrogens is 250 g/mol. The molecule has 0 aliphatic heterocycles. The van der Waals surface area contributed by atoms with E-state index >= 15 is 0 Å². The fraction of sp³-hybridized carbons (Fsp3) is 0.235. The molecule has 2 rings (SSSR count). The smallest absolute Gasteiger partial charge is 0.228 e. The lowest BCUT2D eigenvalue weighted by Gasteiger charge is -2.11. The molecule has 0 fully saturated rings. The minimum Gasteiger partial charge on any atom is -0.495 e. The van der Waals surface area contributed by atoms with Gasteiger partial charge in [0, 0.05) is 0 Å². The summed E-state index contributed by atoms with van der Waals surface area (Å²) < 4.78 is 5.22. The summed E-state index contributed by atoms with van der Waals surface area (Å²) in [4.78, 5) is 12.1. The zero-order valence-corrected chi connectivity index (χ0v) is 12.1. The van der Waals surface area contributed by atoms with Crippen LogP contribution in [0.1, 0.15) is 16.7 Å². The summed E-state index contributed by atoms with van der Waals surface area (Å²) in [5.41, 5.74) is 4.05. The van der Waals surface area contributed by atoms with E-state index < -0.39 is 0 Å². The van der Waals surface area contributed by atoms with Crippen LogP contribution < -0.4 is 10.1 Å². The standard InChI is InChI=1S/C17H19NO2/c1-12-8-9-13(2)14(10-12)11-17(19)18-15-6-4-5-7-16(15)20-3/h4-10H,11H2,1-3H3,(H,18,19). The van der Waals surface area contributed by atoms with Crippen molar-refractivity contribution in [2.45, 2.75) is 20.3 Å². The van der Waals surface area contributed by atoms with E-state index in [2.05, 4.69) is 17.4 Å². The fourth-order valence-electron chi connectivity index (χ4n) is 2.11. The van der Waals surface area contributed by atoms with Crippen LogP contribution in [-0.4, -0.2) is 13.0 Å². The van der Waals surface area contributed by atoms with Gasteiger partial charge in [-0.1, -0.05) is 35.9 Å². The number of amides is 1. The van der Waals surface area contributed by atoms with Crippen molar-refractivity contribution in [3.05, 3.63) is 59.2 Å². The monoisotopic (exact) mass is 269 g/mol. The largest absolute Gasteiger partial charge is 0.495 e. The molecule has 0 unspecified atom stereocenters. The lowest BCUT2D eigenvalue weighted by Crippen LogP contribution is -2.15. The molecule has 0 saturated heterocycles. The predicted molar refractivity (Wildman–Crippen MR) is 81.2 cm³/mol. The van der Waals surface area contributed by atoms with Crippen molar-refractivity contribution in [2.24, 2.45) is 0 Å². The molecule has 0 aromatic heterocycles. The number of anilines is 1. The zero-order valence-electron chi connectivity index (χ0n) is 12.1. The van der Waals surface area contributed by atoms with Crippen molar-refractivity contribution in [2.75, 3.05) is 12.4 Å². The van der Waals surface area contributed by atoms with Crippen LogP contribution >= 0.6 is 0 Å². The SMILES string of the molecule is COc1ccccc1NC(=O)Cc1cc(C)ccc1C. The average molecular weight is 269 g/mol. The van der Waals surface area contributed by atoms with Crippen LogP contribution in [0, 0.1) is 13.8 Å². The quantitative estimate of drug-likeness (QED) is 0.922. The lowest BCUT2D eigenvalue weighted by molar-refractivity contribution is -0.115. The van der Waals surface area contributed by atoms with Gasteiger partial charge in [-0.15, -0.1) is 0 Å². The summed E-state index contributed by atoms with van der Waals surface area (Å²) in [5.74, 6) is 0.630. The van der Waals surface area contributed by atoms with Gasteiger partial charge in [0.05, 0.1) is 19.2 Å². The van der Waals surface area contributed by atoms with Crippen molar-refractivity contribution >= 4 is 11.6 Å². The fourth-order valence-corrected chi connectivity index (χ4v) is 2.11. The first-order valence-corrected chi connectivity index (χ1v) is 6.59. The second kappa shape index (κ2) is 6.24. The summed E-state index contributed by atoms with van der Waals surface area (Å²) in [6.45, 7) is 4.05. The van der Waals surface area contributed by atoms with E-state index in [0.717, 1.165) is 16.7 Å². The molecule has 2 aromatic carbocycles. The third-order valence-electron chi connectivity index (χ3n) is 3.24. The van der Waals surface area contributed by atoms with E-state index in [9.17, 15) is 4.79 Å². The summed E-state index contributed by atoms with van der Waals surface area (Å²) in [6.07, 6.45) is 0.367. The van der Waals surface area contributed by atoms with Crippen LogP contribution in [-0.2, 0) is 11.2 Å². The second-order valence-corrected chi connectivity index (χ2v) is 4.86. The third kappa shape index (κ3) is 3.38. The Morgan fingerprint density at radius 2 is 1.90 bits per heavy atom. The number of hydrogen-bond acceptors (Lipinski definition) is 2. The minimum absolute atomic E-state index is 0.0387. The number of carbonyl (C=O) groups excluding carboxylic acids is 1. The van der Waals surface area contributed by atoms with Gasteiger partial charge in [0.15, 0.2) is 0 Å². The highest BCUT2D eigenvalue weighted by Crippen LogP contribution is 2.23. The molecule has 0 spiro atoms. The minimum atomic E-state index is -0.0387. The molecule has 0 aliphatic carbocycles. The molecule has 0 radical (unpaired) electrons. The zero-order chi connectivity index (χ0) is 14.5. The summed E-state index contributed by atoms with van der Waals surface area (Å²) in [5, 5.41) is 2.89. The van der Waals surface area contributed by atoms with Gasteiger partial charge in [0.2, 0.25) is 5.91 Å². The van der Waals surface area contributed by atoms with E-state index in [-0.39, 0.29) is 5.91 Å². The van der Waals surface area contributed by atoms with Gasteiger partial charge >= 0.3 is 0 Å². The maximum absolute atomic E-state index is 12.1. The molecule has 2 aromatic rings. The Morgan fingerprint density at radius 1 is 1.15 bits per heavy atom. The Morgan fingerprint density at radius 3 is 2.65 bits per heavy atom. The molecule has 1 amide bonds. The summed E-state index contributed by atoms with van der Waals surface area (Å²) >= 11 is 0. The molecular formula is C17H19NO2. The number of nitrogens with one attached hydrogen (secondary N) is 1. The van der Waals surface area contributed by atoms with E-state index in [4.69, 9.17) is 4.74 Å². The van der Waals surface area contributed by atoms with Crippen molar-refractivity contribution in [1.29, 1.82) is 0 Å². The van der Waals surface area contributed by atoms with Crippen LogP contribution in [0.2, 0.25) is 0 Å². The van der Waals surface area contributed by atoms with Crippen LogP contribution in [0.4, 0.5) is 5.69 Å². The van der Waals surface area contributed by atoms with E-state index in [1.54, 1.807) is 7.11 Å². The third-order valence-corrected chi connectivity index (χ3v) is 3.24. The second-order valence-electron chi connectivity index (χ2n) is 4.86. The lowest BCUT2D eigenvalue weighted by atomic mass is 10.0. The normalized spacial score (nSPS) is 10.2. The number of hydrogen-bond donors (Lipinski definition) is 1. The Bertz CT molecular complexity index is 620. The van der Waals surface area contributed by atoms with Crippen LogP contribution in [0.25, 0.3) is 0 Å². The summed E-state index contributed by atoms with van der Waals surface area (Å²) in [7, 11) is 1.59. The van der Waals surface area contributed by atoms with E-state index in [1.807, 2.05) is 44.2 Å². The number of carbonyl (C=O) groups is 1. The number of ether oxygens (including phenoxy) is 1. The van der Waals surface area contributed by atoms with Gasteiger partial charge in [0.25, 0.3) is 0 Å². The molecule has 0 aliphatic rings. The van der Waals surface area contributed by atoms with Gasteiger partial charge in [0.1, 0.15) is 5.75 Å². The number of methoxy groups -OCH3 is 1. The number of para-hydroxylation sites is 2. The van der Waals surface area contributed by atoms with Crippen molar-refractivity contribution in [1.82, 2.24) is 0 Å². The highest BCUT2D eigenvalue weighted by molar-refractivity contribution is 5.93. The Balaban J connectivity index is 2.11. The van der Waals surface area contributed by atoms with Crippen molar-refractivity contribution in [3.8, 4) is 5.75 Å². The first-order valence-electron chi connectivity index (χ1n) is 6.59. The summed E-state index contributed by atoms with van der Waals surface area (Å²) in [6, 6.07) is 13.6. The van der Waals surface area contributed by atoms with Gasteiger partial charge in [-0.3, -0.25) is 4.79 Å². The van der Waals surface area contributed by atoms with Crippen molar-refractivity contribution in [3.63, 3.8) is 0 Å². The molecule has 3 nitrogen and oxygen atoms in total. The average Bonchev–Trinajstić information content (AvgIpc) is 2.43. The number of rotatable bonds is 4. The molecule has 0 atom stereocenters. The molecule has 0 saturated carbocycles. The maximum atomic E-state index is 12.1. The van der Waals surface area contributed by atoms with Crippen LogP contribution in [0.15, 0.2) is 42.5 Å². The first kappa shape index (κ1) is 14.1. The molecule has 0 heterocycles. The highest BCUT2D eigenvalue weighted by atomic mass is 16.5. The van der Waals surface area contributed by atoms with E-state index in [1.165, 1.54) is 0 Å². The van der Waals surface area contributed by atoms with E-state index in [0.29, 0.717) is 17.9 Å².